The van der Waals surface area contributed by atoms with Crippen molar-refractivity contribution in [2.24, 2.45) is 0 Å². The summed E-state index contributed by atoms with van der Waals surface area (Å²) in [4.78, 5) is 19.9. The normalized spacial score (nSPS) is 18.3. The first-order chi connectivity index (χ1) is 12.8. The summed E-state index contributed by atoms with van der Waals surface area (Å²) < 4.78 is 38.4. The third kappa shape index (κ3) is 5.25. The lowest BCUT2D eigenvalue weighted by Crippen LogP contribution is -2.41. The second kappa shape index (κ2) is 8.03. The van der Waals surface area contributed by atoms with E-state index in [4.69, 9.17) is 0 Å². The maximum Gasteiger partial charge on any atom is 0.433 e. The summed E-state index contributed by atoms with van der Waals surface area (Å²) in [5.74, 6) is 0.851. The van der Waals surface area contributed by atoms with Gasteiger partial charge < -0.3 is 10.2 Å². The third-order valence-electron chi connectivity index (χ3n) is 4.31. The van der Waals surface area contributed by atoms with E-state index in [1.54, 1.807) is 12.4 Å². The Morgan fingerprint density at radius 3 is 2.59 bits per heavy atom. The highest BCUT2D eigenvalue weighted by atomic mass is 19.4. The predicted octanol–water partition coefficient (Wildman–Crippen LogP) is 2.43. The second-order valence-corrected chi connectivity index (χ2v) is 6.79. The minimum Gasteiger partial charge on any atom is -0.366 e. The molecule has 0 aromatic carbocycles. The van der Waals surface area contributed by atoms with Crippen LogP contribution < -0.4 is 10.2 Å². The summed E-state index contributed by atoms with van der Waals surface area (Å²) in [6.07, 6.45) is 1.90. The van der Waals surface area contributed by atoms with Gasteiger partial charge in [0.1, 0.15) is 17.8 Å². The van der Waals surface area contributed by atoms with Gasteiger partial charge in [-0.05, 0) is 19.4 Å². The average Bonchev–Trinajstić information content (AvgIpc) is 2.62. The first-order valence-electron chi connectivity index (χ1n) is 8.67. The van der Waals surface area contributed by atoms with Crippen LogP contribution in [0.15, 0.2) is 24.8 Å². The van der Waals surface area contributed by atoms with Crippen LogP contribution in [0.25, 0.3) is 0 Å². The zero-order chi connectivity index (χ0) is 19.4. The number of anilines is 2. The van der Waals surface area contributed by atoms with E-state index in [9.17, 15) is 13.2 Å². The number of nitrogens with one attached hydrogen (secondary N) is 1. The van der Waals surface area contributed by atoms with Crippen LogP contribution in [0.1, 0.15) is 24.1 Å². The van der Waals surface area contributed by atoms with E-state index in [2.05, 4.69) is 30.2 Å². The largest absolute Gasteiger partial charge is 0.433 e. The molecular formula is C17H22F3N7. The molecule has 1 saturated heterocycles. The van der Waals surface area contributed by atoms with Gasteiger partial charge in [-0.3, -0.25) is 4.90 Å². The van der Waals surface area contributed by atoms with E-state index in [0.29, 0.717) is 19.0 Å². The first kappa shape index (κ1) is 19.3. The van der Waals surface area contributed by atoms with Crippen molar-refractivity contribution in [1.82, 2.24) is 24.8 Å². The van der Waals surface area contributed by atoms with Gasteiger partial charge in [0.2, 0.25) is 5.95 Å². The molecule has 1 aliphatic heterocycles. The lowest BCUT2D eigenvalue weighted by molar-refractivity contribution is -0.141. The van der Waals surface area contributed by atoms with Crippen LogP contribution in [0.3, 0.4) is 0 Å². The summed E-state index contributed by atoms with van der Waals surface area (Å²) in [6, 6.07) is 0.976. The third-order valence-corrected chi connectivity index (χ3v) is 4.31. The fraction of sp³-hybridized carbons (Fsp3) is 0.529. The number of aromatic nitrogens is 4. The van der Waals surface area contributed by atoms with Crippen LogP contribution in [-0.2, 0) is 12.7 Å². The maximum absolute atomic E-state index is 12.8. The van der Waals surface area contributed by atoms with Gasteiger partial charge in [0, 0.05) is 57.3 Å². The molecule has 1 aliphatic rings. The number of hydrogen-bond donors (Lipinski definition) is 1. The Morgan fingerprint density at radius 2 is 1.93 bits per heavy atom. The number of alkyl halides is 3. The lowest BCUT2D eigenvalue weighted by Gasteiger charge is -2.33. The number of halogens is 3. The molecule has 0 bridgehead atoms. The molecule has 0 amide bonds. The fourth-order valence-electron chi connectivity index (χ4n) is 3.04. The Kier molecular flexibility index (Phi) is 5.73. The number of nitrogens with zero attached hydrogens (tertiary/aromatic N) is 6. The van der Waals surface area contributed by atoms with Crippen LogP contribution in [0.2, 0.25) is 0 Å². The Morgan fingerprint density at radius 1 is 1.19 bits per heavy atom. The summed E-state index contributed by atoms with van der Waals surface area (Å²) >= 11 is 0. The molecule has 27 heavy (non-hydrogen) atoms. The predicted molar refractivity (Wildman–Crippen MR) is 95.3 cm³/mol. The fourth-order valence-corrected chi connectivity index (χ4v) is 3.04. The molecule has 1 fully saturated rings. The van der Waals surface area contributed by atoms with Crippen LogP contribution in [0, 0.1) is 0 Å². The standard InChI is InChI=1S/C17H22F3N7/c1-26(2)16-21-7-12(8-22-16)9-27-5-3-4-13(10-27)25-15-6-14(17(18,19)20)23-11-24-15/h6-8,11,13H,3-5,9-10H2,1-2H3,(H,23,24,25). The maximum atomic E-state index is 12.8. The highest BCUT2D eigenvalue weighted by Gasteiger charge is 2.33. The molecule has 2 aromatic rings. The van der Waals surface area contributed by atoms with Crippen LogP contribution in [0.5, 0.6) is 0 Å². The van der Waals surface area contributed by atoms with E-state index < -0.39 is 11.9 Å². The van der Waals surface area contributed by atoms with E-state index in [1.165, 1.54) is 0 Å². The molecule has 0 spiro atoms. The smallest absolute Gasteiger partial charge is 0.366 e. The Labute approximate surface area is 155 Å². The molecule has 1 unspecified atom stereocenters. The number of rotatable bonds is 5. The van der Waals surface area contributed by atoms with E-state index >= 15 is 0 Å². The van der Waals surface area contributed by atoms with E-state index in [1.807, 2.05) is 19.0 Å². The van der Waals surface area contributed by atoms with Crippen LogP contribution >= 0.6 is 0 Å². The lowest BCUT2D eigenvalue weighted by atomic mass is 10.1. The van der Waals surface area contributed by atoms with Crippen LogP contribution in [0.4, 0.5) is 24.9 Å². The summed E-state index contributed by atoms with van der Waals surface area (Å²) in [5, 5.41) is 3.10. The quantitative estimate of drug-likeness (QED) is 0.853. The SMILES string of the molecule is CN(C)c1ncc(CN2CCCC(Nc3cc(C(F)(F)F)ncn3)C2)cn1. The van der Waals surface area contributed by atoms with Gasteiger partial charge in [-0.15, -0.1) is 0 Å². The highest BCUT2D eigenvalue weighted by Crippen LogP contribution is 2.28. The highest BCUT2D eigenvalue weighted by molar-refractivity contribution is 5.37. The molecule has 3 rings (SSSR count). The molecule has 0 radical (unpaired) electrons. The second-order valence-electron chi connectivity index (χ2n) is 6.79. The van der Waals surface area contributed by atoms with Crippen molar-refractivity contribution in [2.45, 2.75) is 31.6 Å². The van der Waals surface area contributed by atoms with Crippen molar-refractivity contribution in [3.05, 3.63) is 36.0 Å². The molecule has 7 nitrogen and oxygen atoms in total. The van der Waals surface area contributed by atoms with E-state index in [0.717, 1.165) is 37.3 Å². The summed E-state index contributed by atoms with van der Waals surface area (Å²) in [6.45, 7) is 2.33. The number of piperidine rings is 1. The molecular weight excluding hydrogens is 359 g/mol. The van der Waals surface area contributed by atoms with Crippen molar-refractivity contribution >= 4 is 11.8 Å². The average molecular weight is 381 g/mol. The number of hydrogen-bond acceptors (Lipinski definition) is 7. The molecule has 10 heteroatoms. The molecule has 0 aliphatic carbocycles. The monoisotopic (exact) mass is 381 g/mol. The molecule has 2 aromatic heterocycles. The van der Waals surface area contributed by atoms with Crippen molar-refractivity contribution in [3.63, 3.8) is 0 Å². The Hall–Kier alpha value is -2.49. The zero-order valence-corrected chi connectivity index (χ0v) is 15.2. The van der Waals surface area contributed by atoms with Crippen molar-refractivity contribution in [1.29, 1.82) is 0 Å². The van der Waals surface area contributed by atoms with Crippen LogP contribution in [-0.4, -0.2) is 58.1 Å². The minimum absolute atomic E-state index is 0.0247. The van der Waals surface area contributed by atoms with Gasteiger partial charge in [-0.25, -0.2) is 19.9 Å². The molecule has 1 N–H and O–H groups in total. The Bertz CT molecular complexity index is 749. The topological polar surface area (TPSA) is 70.1 Å². The summed E-state index contributed by atoms with van der Waals surface area (Å²) in [5.41, 5.74) is 0.0634. The van der Waals surface area contributed by atoms with Crippen molar-refractivity contribution < 1.29 is 13.2 Å². The zero-order valence-electron chi connectivity index (χ0n) is 15.2. The van der Waals surface area contributed by atoms with Crippen molar-refractivity contribution in [3.8, 4) is 0 Å². The van der Waals surface area contributed by atoms with Gasteiger partial charge in [-0.1, -0.05) is 0 Å². The minimum atomic E-state index is -4.48. The van der Waals surface area contributed by atoms with Gasteiger partial charge in [-0.2, -0.15) is 13.2 Å². The Balaban J connectivity index is 1.59. The van der Waals surface area contributed by atoms with E-state index in [-0.39, 0.29) is 11.9 Å². The van der Waals surface area contributed by atoms with Gasteiger partial charge in [0.15, 0.2) is 0 Å². The molecule has 3 heterocycles. The van der Waals surface area contributed by atoms with Gasteiger partial charge in [0.25, 0.3) is 0 Å². The molecule has 1 atom stereocenters. The van der Waals surface area contributed by atoms with Crippen molar-refractivity contribution in [2.75, 3.05) is 37.4 Å². The van der Waals surface area contributed by atoms with Gasteiger partial charge >= 0.3 is 6.18 Å². The summed E-state index contributed by atoms with van der Waals surface area (Å²) in [7, 11) is 3.76. The van der Waals surface area contributed by atoms with Gasteiger partial charge in [0.05, 0.1) is 0 Å². The first-order valence-corrected chi connectivity index (χ1v) is 8.67. The number of likely N-dealkylation sites (tertiary alicyclic amines) is 1. The molecule has 0 saturated carbocycles. The molecule has 146 valence electrons.